The molecule has 0 aliphatic rings. The maximum atomic E-state index is 12.1. The Morgan fingerprint density at radius 2 is 1.74 bits per heavy atom. The lowest BCUT2D eigenvalue weighted by molar-refractivity contribution is -0.118. The monoisotopic (exact) mass is 315 g/mol. The molecule has 2 aromatic rings. The number of amides is 1. The zero-order valence-electron chi connectivity index (χ0n) is 13.6. The number of nitrogens with one attached hydrogen (secondary N) is 1. The van der Waals surface area contributed by atoms with Crippen molar-refractivity contribution in [2.45, 2.75) is 13.3 Å². The molecule has 5 nitrogen and oxygen atoms in total. The molecule has 23 heavy (non-hydrogen) atoms. The summed E-state index contributed by atoms with van der Waals surface area (Å²) < 4.78 is 16.0. The topological polar surface area (TPSA) is 56.8 Å². The molecule has 0 aliphatic carbocycles. The second-order valence-electron chi connectivity index (χ2n) is 4.84. The van der Waals surface area contributed by atoms with Crippen molar-refractivity contribution < 1.29 is 19.0 Å². The summed E-state index contributed by atoms with van der Waals surface area (Å²) in [6, 6.07) is 13.0. The van der Waals surface area contributed by atoms with E-state index in [0.717, 1.165) is 17.7 Å². The van der Waals surface area contributed by atoms with Crippen molar-refractivity contribution in [1.29, 1.82) is 0 Å². The molecule has 0 bridgehead atoms. The largest absolute Gasteiger partial charge is 0.493 e. The Bertz CT molecular complexity index is 670. The molecule has 122 valence electrons. The van der Waals surface area contributed by atoms with Crippen LogP contribution in [0.15, 0.2) is 42.5 Å². The fourth-order valence-electron chi connectivity index (χ4n) is 2.25. The van der Waals surface area contributed by atoms with Gasteiger partial charge in [0.25, 0.3) is 5.91 Å². The highest BCUT2D eigenvalue weighted by Crippen LogP contribution is 2.36. The van der Waals surface area contributed by atoms with E-state index in [2.05, 4.69) is 5.32 Å². The predicted octanol–water partition coefficient (Wildman–Crippen LogP) is 3.28. The van der Waals surface area contributed by atoms with Gasteiger partial charge in [-0.1, -0.05) is 31.2 Å². The second kappa shape index (κ2) is 8.08. The fourth-order valence-corrected chi connectivity index (χ4v) is 2.25. The van der Waals surface area contributed by atoms with Crippen LogP contribution < -0.4 is 19.5 Å². The predicted molar refractivity (Wildman–Crippen MR) is 89.5 cm³/mol. The smallest absolute Gasteiger partial charge is 0.262 e. The van der Waals surface area contributed by atoms with E-state index in [0.29, 0.717) is 17.2 Å². The van der Waals surface area contributed by atoms with Crippen molar-refractivity contribution in [1.82, 2.24) is 0 Å². The zero-order valence-corrected chi connectivity index (χ0v) is 13.6. The Morgan fingerprint density at radius 3 is 2.43 bits per heavy atom. The van der Waals surface area contributed by atoms with E-state index < -0.39 is 0 Å². The summed E-state index contributed by atoms with van der Waals surface area (Å²) in [5.74, 6) is 1.26. The number of carbonyl (C=O) groups is 1. The Hall–Kier alpha value is -2.69. The van der Waals surface area contributed by atoms with Crippen LogP contribution in [0.4, 0.5) is 5.69 Å². The second-order valence-corrected chi connectivity index (χ2v) is 4.84. The molecule has 0 saturated heterocycles. The third-order valence-electron chi connectivity index (χ3n) is 3.40. The van der Waals surface area contributed by atoms with Crippen LogP contribution in [0.2, 0.25) is 0 Å². The van der Waals surface area contributed by atoms with Crippen molar-refractivity contribution in [3.05, 3.63) is 48.0 Å². The van der Waals surface area contributed by atoms with Gasteiger partial charge in [-0.2, -0.15) is 0 Å². The summed E-state index contributed by atoms with van der Waals surface area (Å²) in [6.07, 6.45) is 0.848. The first-order chi connectivity index (χ1) is 11.2. The number of benzene rings is 2. The summed E-state index contributed by atoms with van der Waals surface area (Å²) in [5.41, 5.74) is 1.89. The number of methoxy groups -OCH3 is 2. The van der Waals surface area contributed by atoms with E-state index >= 15 is 0 Å². The molecule has 0 unspecified atom stereocenters. The van der Waals surface area contributed by atoms with Crippen molar-refractivity contribution in [2.75, 3.05) is 26.1 Å². The molecule has 1 N–H and O–H groups in total. The molecule has 2 aromatic carbocycles. The Morgan fingerprint density at radius 1 is 1.00 bits per heavy atom. The summed E-state index contributed by atoms with van der Waals surface area (Å²) >= 11 is 0. The zero-order chi connectivity index (χ0) is 16.7. The highest BCUT2D eigenvalue weighted by molar-refractivity contribution is 5.92. The van der Waals surface area contributed by atoms with Crippen LogP contribution in [-0.4, -0.2) is 26.7 Å². The molecule has 0 aromatic heterocycles. The summed E-state index contributed by atoms with van der Waals surface area (Å²) in [5, 5.41) is 2.86. The van der Waals surface area contributed by atoms with Crippen LogP contribution in [0.5, 0.6) is 17.2 Å². The maximum absolute atomic E-state index is 12.1. The molecule has 0 spiro atoms. The maximum Gasteiger partial charge on any atom is 0.262 e. The van der Waals surface area contributed by atoms with Crippen molar-refractivity contribution in [3.8, 4) is 17.2 Å². The molecular weight excluding hydrogens is 294 g/mol. The van der Waals surface area contributed by atoms with Crippen molar-refractivity contribution >= 4 is 11.6 Å². The lowest BCUT2D eigenvalue weighted by atomic mass is 10.1. The van der Waals surface area contributed by atoms with Gasteiger partial charge in [0.15, 0.2) is 18.1 Å². The normalized spacial score (nSPS) is 10.0. The number of ether oxygens (including phenoxy) is 3. The number of rotatable bonds is 7. The van der Waals surface area contributed by atoms with Crippen LogP contribution in [0, 0.1) is 0 Å². The highest BCUT2D eigenvalue weighted by Gasteiger charge is 2.13. The van der Waals surface area contributed by atoms with E-state index in [4.69, 9.17) is 14.2 Å². The minimum atomic E-state index is -0.226. The van der Waals surface area contributed by atoms with Crippen LogP contribution in [0.25, 0.3) is 0 Å². The minimum absolute atomic E-state index is 0.110. The van der Waals surface area contributed by atoms with Crippen LogP contribution in [0.1, 0.15) is 12.5 Å². The van der Waals surface area contributed by atoms with Gasteiger partial charge in [-0.15, -0.1) is 0 Å². The number of carbonyl (C=O) groups excluding carboxylic acids is 1. The van der Waals surface area contributed by atoms with Crippen molar-refractivity contribution in [3.63, 3.8) is 0 Å². The van der Waals surface area contributed by atoms with Crippen LogP contribution in [-0.2, 0) is 11.2 Å². The van der Waals surface area contributed by atoms with E-state index in [1.165, 1.54) is 7.11 Å². The van der Waals surface area contributed by atoms with Crippen molar-refractivity contribution in [2.24, 2.45) is 0 Å². The molecule has 0 aliphatic heterocycles. The summed E-state index contributed by atoms with van der Waals surface area (Å²) in [6.45, 7) is 1.93. The van der Waals surface area contributed by atoms with Gasteiger partial charge in [-0.05, 0) is 30.2 Å². The first-order valence-electron chi connectivity index (χ1n) is 7.41. The molecule has 5 heteroatoms. The Labute approximate surface area is 136 Å². The molecule has 0 heterocycles. The van der Waals surface area contributed by atoms with Gasteiger partial charge in [-0.25, -0.2) is 0 Å². The number of hydrogen-bond donors (Lipinski definition) is 1. The number of aryl methyl sites for hydroxylation is 1. The average Bonchev–Trinajstić information content (AvgIpc) is 2.59. The summed E-state index contributed by atoms with van der Waals surface area (Å²) in [7, 11) is 3.08. The van der Waals surface area contributed by atoms with Gasteiger partial charge in [0.1, 0.15) is 0 Å². The number of para-hydroxylation sites is 2. The molecule has 0 saturated carbocycles. The molecule has 1 amide bonds. The molecule has 0 radical (unpaired) electrons. The molecule has 2 rings (SSSR count). The lowest BCUT2D eigenvalue weighted by Gasteiger charge is -2.14. The number of anilines is 1. The molecule has 0 fully saturated rings. The Balaban J connectivity index is 2.02. The van der Waals surface area contributed by atoms with Gasteiger partial charge in [0, 0.05) is 5.69 Å². The standard InChI is InChI=1S/C18H21NO4/c1-4-13-8-5-6-9-14(13)19-17(20)12-23-16-11-7-10-15(21-2)18(16)22-3/h5-11H,4,12H2,1-3H3,(H,19,20). The fraction of sp³-hybridized carbons (Fsp3) is 0.278. The average molecular weight is 315 g/mol. The quantitative estimate of drug-likeness (QED) is 0.852. The SMILES string of the molecule is CCc1ccccc1NC(=O)COc1cccc(OC)c1OC. The molecular formula is C18H21NO4. The van der Waals surface area contributed by atoms with Crippen LogP contribution in [0.3, 0.4) is 0 Å². The summed E-state index contributed by atoms with van der Waals surface area (Å²) in [4.78, 5) is 12.1. The van der Waals surface area contributed by atoms with E-state index in [-0.39, 0.29) is 12.5 Å². The van der Waals surface area contributed by atoms with Gasteiger partial charge >= 0.3 is 0 Å². The van der Waals surface area contributed by atoms with Gasteiger partial charge in [0.2, 0.25) is 5.75 Å². The Kier molecular flexibility index (Phi) is 5.86. The van der Waals surface area contributed by atoms with Gasteiger partial charge in [-0.3, -0.25) is 4.79 Å². The third-order valence-corrected chi connectivity index (χ3v) is 3.40. The minimum Gasteiger partial charge on any atom is -0.493 e. The van der Waals surface area contributed by atoms with E-state index in [1.54, 1.807) is 25.3 Å². The van der Waals surface area contributed by atoms with E-state index in [1.807, 2.05) is 31.2 Å². The lowest BCUT2D eigenvalue weighted by Crippen LogP contribution is -2.21. The number of hydrogen-bond acceptors (Lipinski definition) is 4. The van der Waals surface area contributed by atoms with Gasteiger partial charge < -0.3 is 19.5 Å². The van der Waals surface area contributed by atoms with Crippen LogP contribution >= 0.6 is 0 Å². The van der Waals surface area contributed by atoms with Gasteiger partial charge in [0.05, 0.1) is 14.2 Å². The first kappa shape index (κ1) is 16.7. The molecule has 0 atom stereocenters. The van der Waals surface area contributed by atoms with E-state index in [9.17, 15) is 4.79 Å². The third kappa shape index (κ3) is 4.16. The first-order valence-corrected chi connectivity index (χ1v) is 7.41. The highest BCUT2D eigenvalue weighted by atomic mass is 16.5.